The standard InChI is InChI=1S/C15H12F3N9O/c1-26-11-3-2-8(15(16,17)18)4-9(11)21-13(26)6-19-14(28)10-5-12(23-22-10)27-7-20-24-25-27/h2-5,7H,6H2,1H3,(H,19,28)(H,22,23). The number of nitrogens with zero attached hydrogens (tertiary/aromatic N) is 7. The molecule has 0 fully saturated rings. The van der Waals surface area contributed by atoms with Gasteiger partial charge in [0.25, 0.3) is 5.91 Å². The maximum atomic E-state index is 12.9. The lowest BCUT2D eigenvalue weighted by Gasteiger charge is -2.06. The number of halogens is 3. The van der Waals surface area contributed by atoms with Gasteiger partial charge < -0.3 is 9.88 Å². The summed E-state index contributed by atoms with van der Waals surface area (Å²) in [5, 5.41) is 19.8. The Morgan fingerprint density at radius 2 is 2.11 bits per heavy atom. The highest BCUT2D eigenvalue weighted by Crippen LogP contribution is 2.31. The van der Waals surface area contributed by atoms with Crippen LogP contribution in [0.25, 0.3) is 16.9 Å². The SMILES string of the molecule is Cn1c(CNC(=O)c2cc(-n3cnnn3)n[nH]2)nc2cc(C(F)(F)F)ccc21. The Kier molecular flexibility index (Phi) is 4.05. The highest BCUT2D eigenvalue weighted by atomic mass is 19.4. The van der Waals surface area contributed by atoms with E-state index in [0.717, 1.165) is 12.1 Å². The highest BCUT2D eigenvalue weighted by Gasteiger charge is 2.31. The number of amides is 1. The molecule has 13 heteroatoms. The topological polar surface area (TPSA) is 119 Å². The fraction of sp³-hybridized carbons (Fsp3) is 0.200. The third-order valence-electron chi connectivity index (χ3n) is 4.10. The number of H-pyrrole nitrogens is 1. The molecule has 3 heterocycles. The monoisotopic (exact) mass is 391 g/mol. The molecule has 4 rings (SSSR count). The van der Waals surface area contributed by atoms with Crippen LogP contribution in [0.3, 0.4) is 0 Å². The van der Waals surface area contributed by atoms with Gasteiger partial charge in [-0.1, -0.05) is 0 Å². The first-order chi connectivity index (χ1) is 13.3. The summed E-state index contributed by atoms with van der Waals surface area (Å²) in [6, 6.07) is 4.78. The maximum Gasteiger partial charge on any atom is 0.416 e. The van der Waals surface area contributed by atoms with E-state index in [2.05, 4.69) is 36.0 Å². The van der Waals surface area contributed by atoms with Gasteiger partial charge in [0, 0.05) is 13.1 Å². The number of tetrazole rings is 1. The molecule has 28 heavy (non-hydrogen) atoms. The lowest BCUT2D eigenvalue weighted by molar-refractivity contribution is -0.137. The van der Waals surface area contributed by atoms with Crippen molar-refractivity contribution in [2.45, 2.75) is 12.7 Å². The van der Waals surface area contributed by atoms with Gasteiger partial charge >= 0.3 is 6.18 Å². The number of carbonyl (C=O) groups is 1. The van der Waals surface area contributed by atoms with Crippen molar-refractivity contribution in [3.63, 3.8) is 0 Å². The minimum atomic E-state index is -4.45. The largest absolute Gasteiger partial charge is 0.416 e. The number of aryl methyl sites for hydroxylation is 1. The number of hydrogen-bond donors (Lipinski definition) is 2. The van der Waals surface area contributed by atoms with Crippen molar-refractivity contribution < 1.29 is 18.0 Å². The molecular formula is C15H12F3N9O. The minimum Gasteiger partial charge on any atom is -0.343 e. The summed E-state index contributed by atoms with van der Waals surface area (Å²) < 4.78 is 41.5. The number of nitrogens with one attached hydrogen (secondary N) is 2. The summed E-state index contributed by atoms with van der Waals surface area (Å²) in [6.07, 6.45) is -3.12. The van der Waals surface area contributed by atoms with Crippen LogP contribution in [0.2, 0.25) is 0 Å². The molecule has 2 N–H and O–H groups in total. The van der Waals surface area contributed by atoms with Crippen LogP contribution >= 0.6 is 0 Å². The van der Waals surface area contributed by atoms with Gasteiger partial charge in [-0.2, -0.15) is 23.0 Å². The fourth-order valence-corrected chi connectivity index (χ4v) is 2.65. The summed E-state index contributed by atoms with van der Waals surface area (Å²) in [6.45, 7) is 0.0185. The minimum absolute atomic E-state index is 0.0185. The summed E-state index contributed by atoms with van der Waals surface area (Å²) in [5.74, 6) is 0.273. The van der Waals surface area contributed by atoms with Crippen LogP contribution in [0.15, 0.2) is 30.6 Å². The van der Waals surface area contributed by atoms with Gasteiger partial charge in [0.05, 0.1) is 23.1 Å². The number of aromatic amines is 1. The quantitative estimate of drug-likeness (QED) is 0.540. The van der Waals surface area contributed by atoms with Gasteiger partial charge in [0.1, 0.15) is 17.8 Å². The molecule has 144 valence electrons. The first-order valence-corrected chi connectivity index (χ1v) is 7.92. The third-order valence-corrected chi connectivity index (χ3v) is 4.10. The molecule has 0 unspecified atom stereocenters. The van der Waals surface area contributed by atoms with Crippen molar-refractivity contribution in [3.05, 3.63) is 47.7 Å². The molecule has 1 aromatic carbocycles. The van der Waals surface area contributed by atoms with E-state index in [0.29, 0.717) is 17.2 Å². The molecule has 0 spiro atoms. The van der Waals surface area contributed by atoms with Crippen molar-refractivity contribution in [1.29, 1.82) is 0 Å². The zero-order valence-corrected chi connectivity index (χ0v) is 14.3. The Morgan fingerprint density at radius 3 is 2.82 bits per heavy atom. The normalized spacial score (nSPS) is 11.9. The second kappa shape index (κ2) is 6.44. The third kappa shape index (κ3) is 3.17. The van der Waals surface area contributed by atoms with Gasteiger partial charge in [-0.3, -0.25) is 9.89 Å². The molecule has 0 bridgehead atoms. The van der Waals surface area contributed by atoms with Crippen LogP contribution in [0.4, 0.5) is 13.2 Å². The molecule has 0 atom stereocenters. The van der Waals surface area contributed by atoms with Crippen LogP contribution < -0.4 is 5.32 Å². The van der Waals surface area contributed by atoms with E-state index >= 15 is 0 Å². The van der Waals surface area contributed by atoms with Crippen LogP contribution in [-0.2, 0) is 19.8 Å². The molecule has 3 aromatic heterocycles. The van der Waals surface area contributed by atoms with E-state index < -0.39 is 17.6 Å². The molecule has 0 aliphatic heterocycles. The van der Waals surface area contributed by atoms with Crippen molar-refractivity contribution >= 4 is 16.9 Å². The van der Waals surface area contributed by atoms with Crippen LogP contribution in [0.5, 0.6) is 0 Å². The van der Waals surface area contributed by atoms with Gasteiger partial charge in [-0.25, -0.2) is 4.98 Å². The highest BCUT2D eigenvalue weighted by molar-refractivity contribution is 5.92. The van der Waals surface area contributed by atoms with E-state index in [-0.39, 0.29) is 17.8 Å². The van der Waals surface area contributed by atoms with Gasteiger partial charge in [0.2, 0.25) is 0 Å². The summed E-state index contributed by atoms with van der Waals surface area (Å²) in [4.78, 5) is 16.5. The number of imidazole rings is 1. The Labute approximate surface area is 154 Å². The average molecular weight is 391 g/mol. The van der Waals surface area contributed by atoms with Gasteiger partial charge in [-0.15, -0.1) is 5.10 Å². The zero-order chi connectivity index (χ0) is 19.9. The molecular weight excluding hydrogens is 379 g/mol. The molecule has 10 nitrogen and oxygen atoms in total. The number of hydrogen-bond acceptors (Lipinski definition) is 6. The van der Waals surface area contributed by atoms with E-state index in [4.69, 9.17) is 0 Å². The van der Waals surface area contributed by atoms with Crippen molar-refractivity contribution in [2.75, 3.05) is 0 Å². The predicted octanol–water partition coefficient (Wildman–Crippen LogP) is 1.22. The molecule has 0 aliphatic rings. The number of rotatable bonds is 4. The van der Waals surface area contributed by atoms with E-state index in [1.807, 2.05) is 0 Å². The van der Waals surface area contributed by atoms with Crippen molar-refractivity contribution in [1.82, 2.24) is 45.3 Å². The van der Waals surface area contributed by atoms with Crippen molar-refractivity contribution in [2.24, 2.45) is 7.05 Å². The first-order valence-electron chi connectivity index (χ1n) is 7.92. The summed E-state index contributed by atoms with van der Waals surface area (Å²) >= 11 is 0. The van der Waals surface area contributed by atoms with Crippen molar-refractivity contribution in [3.8, 4) is 5.82 Å². The fourth-order valence-electron chi connectivity index (χ4n) is 2.65. The first kappa shape index (κ1) is 17.6. The number of benzene rings is 1. The smallest absolute Gasteiger partial charge is 0.343 e. The Hall–Kier alpha value is -3.77. The van der Waals surface area contributed by atoms with Crippen LogP contribution in [0.1, 0.15) is 21.9 Å². The molecule has 4 aromatic rings. The van der Waals surface area contributed by atoms with Gasteiger partial charge in [0.15, 0.2) is 5.82 Å². The molecule has 1 amide bonds. The van der Waals surface area contributed by atoms with E-state index in [9.17, 15) is 18.0 Å². The van der Waals surface area contributed by atoms with E-state index in [1.54, 1.807) is 11.6 Å². The second-order valence-electron chi connectivity index (χ2n) is 5.87. The van der Waals surface area contributed by atoms with Crippen LogP contribution in [0, 0.1) is 0 Å². The predicted molar refractivity (Wildman–Crippen MR) is 88.2 cm³/mol. The number of aromatic nitrogens is 8. The lowest BCUT2D eigenvalue weighted by Crippen LogP contribution is -2.24. The lowest BCUT2D eigenvalue weighted by atomic mass is 10.2. The Bertz CT molecular complexity index is 1140. The molecule has 0 saturated heterocycles. The van der Waals surface area contributed by atoms with Gasteiger partial charge in [-0.05, 0) is 28.6 Å². The summed E-state index contributed by atoms with van der Waals surface area (Å²) in [5.41, 5.74) is 0.119. The summed E-state index contributed by atoms with van der Waals surface area (Å²) in [7, 11) is 1.66. The Balaban J connectivity index is 1.51. The number of fused-ring (bicyclic) bond motifs is 1. The number of alkyl halides is 3. The molecule has 0 aliphatic carbocycles. The number of carbonyl (C=O) groups excluding carboxylic acids is 1. The average Bonchev–Trinajstić information content (AvgIpc) is 3.39. The molecule has 0 saturated carbocycles. The maximum absolute atomic E-state index is 12.9. The Morgan fingerprint density at radius 1 is 1.29 bits per heavy atom. The zero-order valence-electron chi connectivity index (χ0n) is 14.3. The van der Waals surface area contributed by atoms with Crippen LogP contribution in [-0.4, -0.2) is 45.9 Å². The molecule has 0 radical (unpaired) electrons. The van der Waals surface area contributed by atoms with E-state index in [1.165, 1.54) is 23.1 Å². The second-order valence-corrected chi connectivity index (χ2v) is 5.87.